The normalized spacial score (nSPS) is 27.6. The van der Waals surface area contributed by atoms with Crippen LogP contribution < -0.4 is 0 Å². The Morgan fingerprint density at radius 2 is 1.62 bits per heavy atom. The van der Waals surface area contributed by atoms with E-state index in [4.69, 9.17) is 4.74 Å². The van der Waals surface area contributed by atoms with Crippen molar-refractivity contribution in [2.45, 2.75) is 83.5 Å². The molecule has 4 rings (SSSR count). The van der Waals surface area contributed by atoms with Crippen LogP contribution in [0.2, 0.25) is 0 Å². The molecule has 1 atom stereocenters. The van der Waals surface area contributed by atoms with Gasteiger partial charge in [-0.05, 0) is 74.2 Å². The van der Waals surface area contributed by atoms with E-state index in [0.29, 0.717) is 17.2 Å². The number of hydrogen-bond acceptors (Lipinski definition) is 3. The molecule has 0 bridgehead atoms. The molecule has 4 nitrogen and oxygen atoms in total. The summed E-state index contributed by atoms with van der Waals surface area (Å²) in [5.74, 6) is 2.09. The van der Waals surface area contributed by atoms with Crippen molar-refractivity contribution in [3.05, 3.63) is 46.3 Å². The largest absolute Gasteiger partial charge is 0.462 e. The quantitative estimate of drug-likeness (QED) is 0.522. The Morgan fingerprint density at radius 1 is 0.931 bits per heavy atom. The molecule has 0 aromatic rings. The minimum absolute atomic E-state index is 0.157. The van der Waals surface area contributed by atoms with Crippen LogP contribution in [0.15, 0.2) is 46.3 Å². The molecule has 0 spiro atoms. The second-order valence-corrected chi connectivity index (χ2v) is 10.5. The maximum Gasteiger partial charge on any atom is 0.291 e. The lowest BCUT2D eigenvalue weighted by molar-refractivity contribution is 0.226. The molecular weight excluding hydrogens is 384 g/mol. The van der Waals surface area contributed by atoms with Crippen LogP contribution in [0, 0.1) is 17.8 Å². The maximum atomic E-state index is 12.6. The Kier molecular flexibility index (Phi) is 6.65. The van der Waals surface area contributed by atoms with E-state index in [2.05, 4.69) is 12.2 Å². The zero-order chi connectivity index (χ0) is 20.3. The molecule has 160 valence electrons. The lowest BCUT2D eigenvalue weighted by atomic mass is 9.73. The van der Waals surface area contributed by atoms with Gasteiger partial charge in [0.05, 0.1) is 4.91 Å². The molecule has 5 heteroatoms. The third-order valence-electron chi connectivity index (χ3n) is 7.11. The van der Waals surface area contributed by atoms with Crippen LogP contribution in [-0.4, -0.2) is 13.0 Å². The molecule has 1 unspecified atom stereocenters. The topological polar surface area (TPSA) is 63.6 Å². The van der Waals surface area contributed by atoms with Crippen molar-refractivity contribution in [3.8, 4) is 0 Å². The van der Waals surface area contributed by atoms with Gasteiger partial charge in [0.2, 0.25) is 0 Å². The summed E-state index contributed by atoms with van der Waals surface area (Å²) in [6.45, 7) is 0. The van der Waals surface area contributed by atoms with E-state index < -0.39 is 10.1 Å². The summed E-state index contributed by atoms with van der Waals surface area (Å²) in [6, 6.07) is 0. The molecule has 0 saturated heterocycles. The Labute approximate surface area is 175 Å². The lowest BCUT2D eigenvalue weighted by Gasteiger charge is -2.37. The summed E-state index contributed by atoms with van der Waals surface area (Å²) in [5, 5.41) is 0. The van der Waals surface area contributed by atoms with Gasteiger partial charge in [0.1, 0.15) is 11.5 Å². The van der Waals surface area contributed by atoms with Gasteiger partial charge in [0.15, 0.2) is 0 Å². The van der Waals surface area contributed by atoms with Crippen molar-refractivity contribution in [2.75, 3.05) is 0 Å². The first-order chi connectivity index (χ1) is 14.0. The Morgan fingerprint density at radius 3 is 2.24 bits per heavy atom. The van der Waals surface area contributed by atoms with E-state index in [1.165, 1.54) is 12.8 Å². The van der Waals surface area contributed by atoms with Gasteiger partial charge in [0, 0.05) is 12.3 Å². The predicted octanol–water partition coefficient (Wildman–Crippen LogP) is 6.44. The second-order valence-electron chi connectivity index (χ2n) is 9.14. The van der Waals surface area contributed by atoms with Crippen LogP contribution >= 0.6 is 0 Å². The molecule has 0 radical (unpaired) electrons. The molecule has 0 heterocycles. The average molecular weight is 419 g/mol. The molecule has 0 aliphatic heterocycles. The summed E-state index contributed by atoms with van der Waals surface area (Å²) in [5.41, 5.74) is 0.837. The summed E-state index contributed by atoms with van der Waals surface area (Å²) >= 11 is 0. The Bertz CT molecular complexity index is 819. The fourth-order valence-electron chi connectivity index (χ4n) is 5.70. The van der Waals surface area contributed by atoms with Gasteiger partial charge in [-0.3, -0.25) is 4.55 Å². The van der Waals surface area contributed by atoms with Crippen molar-refractivity contribution in [2.24, 2.45) is 17.8 Å². The molecule has 4 aliphatic carbocycles. The average Bonchev–Trinajstić information content (AvgIpc) is 2.74. The van der Waals surface area contributed by atoms with Crippen LogP contribution in [0.25, 0.3) is 0 Å². The molecule has 1 N–H and O–H groups in total. The van der Waals surface area contributed by atoms with E-state index >= 15 is 0 Å². The third kappa shape index (κ3) is 5.05. The minimum Gasteiger partial charge on any atom is -0.462 e. The van der Waals surface area contributed by atoms with Gasteiger partial charge in [-0.2, -0.15) is 8.42 Å². The predicted molar refractivity (Wildman–Crippen MR) is 115 cm³/mol. The van der Waals surface area contributed by atoms with Gasteiger partial charge in [-0.1, -0.05) is 44.6 Å². The van der Waals surface area contributed by atoms with Crippen LogP contribution in [0.5, 0.6) is 0 Å². The maximum absolute atomic E-state index is 12.6. The summed E-state index contributed by atoms with van der Waals surface area (Å²) in [4.78, 5) is 0.316. The zero-order valence-corrected chi connectivity index (χ0v) is 18.1. The first-order valence-electron chi connectivity index (χ1n) is 11.5. The Hall–Kier alpha value is -1.33. The SMILES string of the molecule is O=S(=O)(O)C1=C(C2CCCCC2)C=C(OC2=CCCC=C2)CC1C1CCCCC1. The zero-order valence-electron chi connectivity index (χ0n) is 17.3. The highest BCUT2D eigenvalue weighted by Crippen LogP contribution is 2.47. The van der Waals surface area contributed by atoms with E-state index in [9.17, 15) is 13.0 Å². The molecule has 0 amide bonds. The van der Waals surface area contributed by atoms with Gasteiger partial charge >= 0.3 is 0 Å². The molecule has 4 aliphatic rings. The monoisotopic (exact) mass is 418 g/mol. The number of hydrogen-bond donors (Lipinski definition) is 1. The van der Waals surface area contributed by atoms with Crippen molar-refractivity contribution < 1.29 is 17.7 Å². The first kappa shape index (κ1) is 20.9. The van der Waals surface area contributed by atoms with E-state index in [1.807, 2.05) is 12.2 Å². The van der Waals surface area contributed by atoms with Gasteiger partial charge in [-0.15, -0.1) is 0 Å². The second kappa shape index (κ2) is 9.22. The van der Waals surface area contributed by atoms with Gasteiger partial charge in [-0.25, -0.2) is 0 Å². The van der Waals surface area contributed by atoms with E-state index in [0.717, 1.165) is 81.3 Å². The first-order valence-corrected chi connectivity index (χ1v) is 12.9. The van der Waals surface area contributed by atoms with Crippen molar-refractivity contribution >= 4 is 10.1 Å². The highest BCUT2D eigenvalue weighted by molar-refractivity contribution is 7.89. The summed E-state index contributed by atoms with van der Waals surface area (Å²) < 4.78 is 41.7. The standard InChI is InChI=1S/C24H34O4S/c25-29(26,27)24-22(18-10-4-1-5-11-18)16-21(28-20-14-8-3-9-15-20)17-23(24)19-12-6-2-7-13-19/h8,14-16,18-19,23H,1-7,9-13,17H2,(H,25,26,27). The number of rotatable bonds is 5. The number of ether oxygens (including phenoxy) is 1. The highest BCUT2D eigenvalue weighted by atomic mass is 32.2. The van der Waals surface area contributed by atoms with Crippen molar-refractivity contribution in [3.63, 3.8) is 0 Å². The number of allylic oxidation sites excluding steroid dienone is 7. The lowest BCUT2D eigenvalue weighted by Crippen LogP contribution is -2.29. The van der Waals surface area contributed by atoms with Crippen LogP contribution in [0.3, 0.4) is 0 Å². The summed E-state index contributed by atoms with van der Waals surface area (Å²) in [6.07, 6.45) is 21.8. The fourth-order valence-corrected chi connectivity index (χ4v) is 6.89. The molecule has 2 fully saturated rings. The fraction of sp³-hybridized carbons (Fsp3) is 0.667. The highest BCUT2D eigenvalue weighted by Gasteiger charge is 2.40. The molecular formula is C24H34O4S. The van der Waals surface area contributed by atoms with Crippen molar-refractivity contribution in [1.29, 1.82) is 0 Å². The van der Waals surface area contributed by atoms with Crippen LogP contribution in [0.4, 0.5) is 0 Å². The summed E-state index contributed by atoms with van der Waals surface area (Å²) in [7, 11) is -4.23. The van der Waals surface area contributed by atoms with Crippen LogP contribution in [0.1, 0.15) is 83.5 Å². The molecule has 2 saturated carbocycles. The van der Waals surface area contributed by atoms with E-state index in [-0.39, 0.29) is 11.8 Å². The molecule has 0 aromatic heterocycles. The van der Waals surface area contributed by atoms with Crippen LogP contribution in [-0.2, 0) is 14.9 Å². The minimum atomic E-state index is -4.23. The third-order valence-corrected chi connectivity index (χ3v) is 8.20. The Balaban J connectivity index is 1.73. The van der Waals surface area contributed by atoms with Gasteiger partial charge < -0.3 is 4.74 Å². The molecule has 0 aromatic carbocycles. The van der Waals surface area contributed by atoms with E-state index in [1.54, 1.807) is 0 Å². The van der Waals surface area contributed by atoms with Gasteiger partial charge in [0.25, 0.3) is 10.1 Å². The molecule has 29 heavy (non-hydrogen) atoms. The smallest absolute Gasteiger partial charge is 0.291 e. The van der Waals surface area contributed by atoms with Crippen molar-refractivity contribution in [1.82, 2.24) is 0 Å².